The Morgan fingerprint density at radius 1 is 0.781 bits per heavy atom. The van der Waals surface area contributed by atoms with Crippen molar-refractivity contribution in [2.24, 2.45) is 0 Å². The van der Waals surface area contributed by atoms with Crippen LogP contribution in [0.2, 0.25) is 0 Å². The second-order valence-corrected chi connectivity index (χ2v) is 13.4. The molecule has 1 aliphatic carbocycles. The summed E-state index contributed by atoms with van der Waals surface area (Å²) in [5.41, 5.74) is 13.9. The van der Waals surface area contributed by atoms with Gasteiger partial charge in [-0.25, -0.2) is 0 Å². The Kier molecular flexibility index (Phi) is 6.03. The Hall–Kier alpha value is -0.860. The topological polar surface area (TPSA) is 0 Å². The normalized spacial score (nSPS) is 22.8. The molecule has 0 N–H and O–H groups in total. The van der Waals surface area contributed by atoms with Gasteiger partial charge in [-0.15, -0.1) is 23.5 Å². The lowest BCUT2D eigenvalue weighted by atomic mass is 9.74. The van der Waals surface area contributed by atoms with Gasteiger partial charge in [0.2, 0.25) is 0 Å². The molecule has 2 heterocycles. The first-order chi connectivity index (χ1) is 15.3. The number of unbranched alkanes of at least 4 members (excludes halogenated alkanes) is 1. The summed E-state index contributed by atoms with van der Waals surface area (Å²) in [4.78, 5) is 3.16. The molecule has 2 aliphatic heterocycles. The van der Waals surface area contributed by atoms with Crippen LogP contribution in [0.3, 0.4) is 0 Å². The number of rotatable bonds is 6. The van der Waals surface area contributed by atoms with Crippen LogP contribution in [0.25, 0.3) is 11.1 Å². The molecular formula is C30H40S2. The molecule has 0 fully saturated rings. The minimum atomic E-state index is 0.272. The molecule has 32 heavy (non-hydrogen) atoms. The Bertz CT molecular complexity index is 1060. The molecule has 1 unspecified atom stereocenters. The van der Waals surface area contributed by atoms with Crippen LogP contribution in [-0.4, -0.2) is 11.5 Å². The van der Waals surface area contributed by atoms with Crippen LogP contribution in [0.1, 0.15) is 101 Å². The Labute approximate surface area is 204 Å². The fourth-order valence-corrected chi connectivity index (χ4v) is 9.63. The van der Waals surface area contributed by atoms with Gasteiger partial charge in [0.05, 0.1) is 0 Å². The number of hydrogen-bond acceptors (Lipinski definition) is 2. The first-order valence-corrected chi connectivity index (χ1v) is 15.0. The molecular weight excluding hydrogens is 424 g/mol. The lowest BCUT2D eigenvalue weighted by Gasteiger charge is -2.30. The molecule has 0 saturated carbocycles. The fourth-order valence-electron chi connectivity index (χ4n) is 7.39. The standard InChI is InChI=1S/C30H40S2/c1-7-10-13-30(6)18-29(4,5)27-22-12-15-32-26(22)17-24(28(27)30)23-16-25-21(11-14-31-25)19(8-2)20(23)9-3/h16-17H,7-15,18H2,1-6H3. The van der Waals surface area contributed by atoms with Crippen LogP contribution in [0, 0.1) is 0 Å². The molecule has 0 saturated heterocycles. The van der Waals surface area contributed by atoms with Crippen molar-refractivity contribution in [3.8, 4) is 11.1 Å². The van der Waals surface area contributed by atoms with E-state index in [2.05, 4.69) is 77.2 Å². The molecule has 0 spiro atoms. The third kappa shape index (κ3) is 3.42. The van der Waals surface area contributed by atoms with Gasteiger partial charge in [0.25, 0.3) is 0 Å². The molecule has 0 radical (unpaired) electrons. The molecule has 0 bridgehead atoms. The molecule has 172 valence electrons. The smallest absolute Gasteiger partial charge is 0.0114 e. The molecule has 2 aromatic carbocycles. The van der Waals surface area contributed by atoms with Crippen LogP contribution in [0.4, 0.5) is 0 Å². The number of hydrogen-bond donors (Lipinski definition) is 0. The highest BCUT2D eigenvalue weighted by atomic mass is 32.2. The van der Waals surface area contributed by atoms with Gasteiger partial charge in [-0.05, 0) is 106 Å². The van der Waals surface area contributed by atoms with Crippen molar-refractivity contribution in [3.05, 3.63) is 45.5 Å². The summed E-state index contributed by atoms with van der Waals surface area (Å²) in [5.74, 6) is 2.52. The van der Waals surface area contributed by atoms with Gasteiger partial charge in [0, 0.05) is 21.3 Å². The van der Waals surface area contributed by atoms with Crippen LogP contribution >= 0.6 is 23.5 Å². The maximum atomic E-state index is 2.64. The molecule has 2 aromatic rings. The van der Waals surface area contributed by atoms with Gasteiger partial charge in [0.1, 0.15) is 0 Å². The van der Waals surface area contributed by atoms with Gasteiger partial charge >= 0.3 is 0 Å². The van der Waals surface area contributed by atoms with Crippen molar-refractivity contribution < 1.29 is 0 Å². The maximum absolute atomic E-state index is 2.64. The highest BCUT2D eigenvalue weighted by Crippen LogP contribution is 2.59. The first-order valence-electron chi connectivity index (χ1n) is 13.0. The highest BCUT2D eigenvalue weighted by Gasteiger charge is 2.48. The molecule has 2 heteroatoms. The predicted octanol–water partition coefficient (Wildman–Crippen LogP) is 8.90. The maximum Gasteiger partial charge on any atom is 0.0114 e. The summed E-state index contributed by atoms with van der Waals surface area (Å²) in [6, 6.07) is 5.25. The quantitative estimate of drug-likeness (QED) is 0.418. The number of thioether (sulfide) groups is 2. The van der Waals surface area contributed by atoms with E-state index in [1.165, 1.54) is 56.5 Å². The molecule has 0 amide bonds. The minimum absolute atomic E-state index is 0.272. The second-order valence-electron chi connectivity index (χ2n) is 11.1. The Morgan fingerprint density at radius 2 is 1.41 bits per heavy atom. The van der Waals surface area contributed by atoms with Gasteiger partial charge < -0.3 is 0 Å². The van der Waals surface area contributed by atoms with Crippen molar-refractivity contribution in [2.45, 2.75) is 114 Å². The third-order valence-electron chi connectivity index (χ3n) is 8.43. The minimum Gasteiger partial charge on any atom is -0.126 e. The van der Waals surface area contributed by atoms with Gasteiger partial charge in [-0.1, -0.05) is 54.4 Å². The van der Waals surface area contributed by atoms with Crippen LogP contribution in [-0.2, 0) is 36.5 Å². The lowest BCUT2D eigenvalue weighted by molar-refractivity contribution is 0.347. The fraction of sp³-hybridized carbons (Fsp3) is 0.600. The van der Waals surface area contributed by atoms with Gasteiger partial charge in [-0.3, -0.25) is 0 Å². The van der Waals surface area contributed by atoms with E-state index in [-0.39, 0.29) is 10.8 Å². The highest BCUT2D eigenvalue weighted by molar-refractivity contribution is 7.99. The first kappa shape index (κ1) is 22.9. The van der Waals surface area contributed by atoms with E-state index in [1.54, 1.807) is 54.3 Å². The molecule has 3 aliphatic rings. The van der Waals surface area contributed by atoms with E-state index in [0.717, 1.165) is 6.42 Å². The molecule has 5 rings (SSSR count). The summed E-state index contributed by atoms with van der Waals surface area (Å²) in [7, 11) is 0. The SMILES string of the molecule is CCCCC1(C)CC(C)(C)c2c3c(cc(-c4cc5c(c(CC)c4CC)CCS5)c21)SCC3. The van der Waals surface area contributed by atoms with Crippen LogP contribution in [0.15, 0.2) is 21.9 Å². The Morgan fingerprint density at radius 3 is 2.06 bits per heavy atom. The zero-order valence-corrected chi connectivity index (χ0v) is 22.7. The van der Waals surface area contributed by atoms with Crippen molar-refractivity contribution in [3.63, 3.8) is 0 Å². The largest absolute Gasteiger partial charge is 0.126 e. The summed E-state index contributed by atoms with van der Waals surface area (Å²) in [5, 5.41) is 0. The van der Waals surface area contributed by atoms with Crippen molar-refractivity contribution in [1.82, 2.24) is 0 Å². The predicted molar refractivity (Wildman–Crippen MR) is 144 cm³/mol. The monoisotopic (exact) mass is 464 g/mol. The zero-order valence-electron chi connectivity index (χ0n) is 21.0. The molecule has 1 atom stereocenters. The van der Waals surface area contributed by atoms with E-state index in [4.69, 9.17) is 0 Å². The van der Waals surface area contributed by atoms with E-state index in [0.29, 0.717) is 0 Å². The summed E-state index contributed by atoms with van der Waals surface area (Å²) < 4.78 is 0. The van der Waals surface area contributed by atoms with Crippen molar-refractivity contribution >= 4 is 23.5 Å². The van der Waals surface area contributed by atoms with Crippen LogP contribution < -0.4 is 0 Å². The average molecular weight is 465 g/mol. The van der Waals surface area contributed by atoms with Gasteiger partial charge in [-0.2, -0.15) is 0 Å². The number of fused-ring (bicyclic) bond motifs is 4. The Balaban J connectivity index is 1.84. The summed E-state index contributed by atoms with van der Waals surface area (Å²) >= 11 is 4.20. The zero-order chi connectivity index (χ0) is 22.7. The van der Waals surface area contributed by atoms with E-state index >= 15 is 0 Å². The number of benzene rings is 2. The summed E-state index contributed by atoms with van der Waals surface area (Å²) in [6.45, 7) is 14.8. The molecule has 0 aromatic heterocycles. The van der Waals surface area contributed by atoms with Crippen LogP contribution in [0.5, 0.6) is 0 Å². The average Bonchev–Trinajstić information content (AvgIpc) is 3.47. The lowest BCUT2D eigenvalue weighted by Crippen LogP contribution is -2.22. The van der Waals surface area contributed by atoms with Crippen molar-refractivity contribution in [1.29, 1.82) is 0 Å². The van der Waals surface area contributed by atoms with E-state index < -0.39 is 0 Å². The summed E-state index contributed by atoms with van der Waals surface area (Å²) in [6.07, 6.45) is 10.1. The van der Waals surface area contributed by atoms with E-state index in [1.807, 2.05) is 0 Å². The second kappa shape index (κ2) is 8.42. The van der Waals surface area contributed by atoms with E-state index in [9.17, 15) is 0 Å². The third-order valence-corrected chi connectivity index (χ3v) is 10.6. The van der Waals surface area contributed by atoms with Crippen molar-refractivity contribution in [2.75, 3.05) is 11.5 Å². The molecule has 0 nitrogen and oxygen atoms in total. The van der Waals surface area contributed by atoms with Gasteiger partial charge in [0.15, 0.2) is 0 Å².